The predicted octanol–water partition coefficient (Wildman–Crippen LogP) is 3.44. The molecule has 2 aromatic heterocycles. The largest absolute Gasteiger partial charge is 0.490 e. The fourth-order valence-corrected chi connectivity index (χ4v) is 2.89. The van der Waals surface area contributed by atoms with E-state index in [-0.39, 0.29) is 24.5 Å². The molecular formula is C20H19F3N6O2. The van der Waals surface area contributed by atoms with Gasteiger partial charge in [0, 0.05) is 19.0 Å². The van der Waals surface area contributed by atoms with Gasteiger partial charge in [-0.25, -0.2) is 15.0 Å². The third kappa shape index (κ3) is 5.29. The summed E-state index contributed by atoms with van der Waals surface area (Å²) in [5.74, 6) is 0.905. The fraction of sp³-hybridized carbons (Fsp3) is 0.300. The summed E-state index contributed by atoms with van der Waals surface area (Å²) in [4.78, 5) is 12.0. The van der Waals surface area contributed by atoms with Crippen molar-refractivity contribution in [2.45, 2.75) is 19.6 Å². The number of nitriles is 1. The molecule has 3 rings (SSSR count). The maximum atomic E-state index is 13.0. The lowest BCUT2D eigenvalue weighted by Gasteiger charge is -2.14. The van der Waals surface area contributed by atoms with E-state index in [1.165, 1.54) is 13.2 Å². The van der Waals surface area contributed by atoms with Gasteiger partial charge in [-0.15, -0.1) is 0 Å². The van der Waals surface area contributed by atoms with Crippen LogP contribution >= 0.6 is 0 Å². The second-order valence-corrected chi connectivity index (χ2v) is 6.57. The van der Waals surface area contributed by atoms with Crippen LogP contribution < -0.4 is 15.8 Å². The average Bonchev–Trinajstić information content (AvgIpc) is 2.70. The zero-order valence-electron chi connectivity index (χ0n) is 16.7. The summed E-state index contributed by atoms with van der Waals surface area (Å²) in [6.45, 7) is 2.26. The van der Waals surface area contributed by atoms with Crippen molar-refractivity contribution < 1.29 is 22.6 Å². The number of rotatable bonds is 7. The molecule has 162 valence electrons. The van der Waals surface area contributed by atoms with Crippen LogP contribution in [0.5, 0.6) is 5.75 Å². The lowest BCUT2D eigenvalue weighted by Crippen LogP contribution is -2.12. The van der Waals surface area contributed by atoms with Crippen molar-refractivity contribution in [3.05, 3.63) is 46.9 Å². The number of methoxy groups -OCH3 is 1. The Morgan fingerprint density at radius 3 is 2.58 bits per heavy atom. The number of nitrogens with two attached hydrogens (primary N) is 1. The maximum absolute atomic E-state index is 13.0. The zero-order chi connectivity index (χ0) is 22.6. The molecule has 3 N–H and O–H groups in total. The van der Waals surface area contributed by atoms with E-state index >= 15 is 0 Å². The summed E-state index contributed by atoms with van der Waals surface area (Å²) >= 11 is 0. The van der Waals surface area contributed by atoms with Gasteiger partial charge in [-0.05, 0) is 36.8 Å². The molecule has 0 unspecified atom stereocenters. The summed E-state index contributed by atoms with van der Waals surface area (Å²) in [5.41, 5.74) is 5.54. The number of hydrogen-bond acceptors (Lipinski definition) is 8. The molecule has 0 aliphatic rings. The maximum Gasteiger partial charge on any atom is 0.433 e. The minimum absolute atomic E-state index is 0.0151. The van der Waals surface area contributed by atoms with Gasteiger partial charge in [-0.1, -0.05) is 0 Å². The summed E-state index contributed by atoms with van der Waals surface area (Å²) in [6, 6.07) is 7.53. The molecule has 0 fully saturated rings. The summed E-state index contributed by atoms with van der Waals surface area (Å²) in [7, 11) is 1.53. The minimum atomic E-state index is -4.61. The first kappa shape index (κ1) is 22.0. The van der Waals surface area contributed by atoms with Crippen LogP contribution in [0.25, 0.3) is 10.9 Å². The van der Waals surface area contributed by atoms with Crippen molar-refractivity contribution in [3.63, 3.8) is 0 Å². The Kier molecular flexibility index (Phi) is 6.41. The molecule has 0 aliphatic carbocycles. The van der Waals surface area contributed by atoms with Gasteiger partial charge in [0.2, 0.25) is 0 Å². The Balaban J connectivity index is 1.96. The Labute approximate surface area is 175 Å². The molecule has 0 bridgehead atoms. The Morgan fingerprint density at radius 2 is 1.90 bits per heavy atom. The molecule has 0 saturated heterocycles. The van der Waals surface area contributed by atoms with E-state index in [0.29, 0.717) is 40.5 Å². The molecule has 0 amide bonds. The van der Waals surface area contributed by atoms with Gasteiger partial charge in [-0.2, -0.15) is 18.4 Å². The summed E-state index contributed by atoms with van der Waals surface area (Å²) in [5, 5.41) is 13.0. The van der Waals surface area contributed by atoms with Gasteiger partial charge >= 0.3 is 6.18 Å². The van der Waals surface area contributed by atoms with Crippen molar-refractivity contribution in [2.75, 3.05) is 31.4 Å². The number of benzene rings is 1. The lowest BCUT2D eigenvalue weighted by atomic mass is 10.1. The first-order valence-electron chi connectivity index (χ1n) is 9.13. The fourth-order valence-electron chi connectivity index (χ4n) is 2.89. The third-order valence-corrected chi connectivity index (χ3v) is 4.23. The monoisotopic (exact) mass is 432 g/mol. The zero-order valence-corrected chi connectivity index (χ0v) is 16.7. The Hall–Kier alpha value is -3.65. The minimum Gasteiger partial charge on any atom is -0.490 e. The van der Waals surface area contributed by atoms with Gasteiger partial charge in [-0.3, -0.25) is 0 Å². The van der Waals surface area contributed by atoms with Crippen molar-refractivity contribution in [3.8, 4) is 11.8 Å². The molecule has 0 radical (unpaired) electrons. The number of aromatic nitrogens is 3. The number of nitrogens with zero attached hydrogens (tertiary/aromatic N) is 4. The second kappa shape index (κ2) is 9.01. The molecular weight excluding hydrogens is 413 g/mol. The number of pyridine rings is 1. The van der Waals surface area contributed by atoms with Crippen LogP contribution in [0.2, 0.25) is 0 Å². The number of halogens is 3. The number of aryl methyl sites for hydroxylation is 1. The van der Waals surface area contributed by atoms with Gasteiger partial charge in [0.1, 0.15) is 41.6 Å². The number of fused-ring (bicyclic) bond motifs is 1. The Bertz CT molecular complexity index is 1140. The van der Waals surface area contributed by atoms with E-state index in [1.807, 2.05) is 0 Å². The first-order valence-corrected chi connectivity index (χ1v) is 9.13. The summed E-state index contributed by atoms with van der Waals surface area (Å²) in [6.07, 6.45) is -4.61. The molecule has 31 heavy (non-hydrogen) atoms. The molecule has 3 aromatic rings. The van der Waals surface area contributed by atoms with E-state index < -0.39 is 11.9 Å². The van der Waals surface area contributed by atoms with Crippen LogP contribution in [0.1, 0.15) is 22.6 Å². The third-order valence-electron chi connectivity index (χ3n) is 4.23. The number of nitrogens with one attached hydrogen (secondary N) is 1. The van der Waals surface area contributed by atoms with E-state index in [1.54, 1.807) is 19.1 Å². The molecule has 0 spiro atoms. The van der Waals surface area contributed by atoms with Crippen LogP contribution in [-0.4, -0.2) is 35.3 Å². The van der Waals surface area contributed by atoms with Gasteiger partial charge < -0.3 is 20.5 Å². The van der Waals surface area contributed by atoms with E-state index in [0.717, 1.165) is 6.07 Å². The van der Waals surface area contributed by atoms with Crippen molar-refractivity contribution in [1.82, 2.24) is 15.0 Å². The second-order valence-electron chi connectivity index (χ2n) is 6.57. The van der Waals surface area contributed by atoms with Gasteiger partial charge in [0.15, 0.2) is 0 Å². The number of alkyl halides is 3. The molecule has 11 heteroatoms. The smallest absolute Gasteiger partial charge is 0.433 e. The molecule has 0 saturated carbocycles. The van der Waals surface area contributed by atoms with E-state index in [2.05, 4.69) is 26.3 Å². The standard InChI is InChI=1S/C20H19F3N6O2/c1-11-27-15-7-13(9-24)16(31-4-3-30-2)8-14(15)19(28-11)26-10-12-5-17(20(21,22)23)29-18(25)6-12/h5-8H,3-4,10H2,1-2H3,(H2,25,29)(H,26,27,28). The number of nitrogen functional groups attached to an aromatic ring is 1. The Morgan fingerprint density at radius 1 is 1.13 bits per heavy atom. The lowest BCUT2D eigenvalue weighted by molar-refractivity contribution is -0.141. The highest BCUT2D eigenvalue weighted by Crippen LogP contribution is 2.31. The highest BCUT2D eigenvalue weighted by atomic mass is 19.4. The predicted molar refractivity (Wildman–Crippen MR) is 107 cm³/mol. The van der Waals surface area contributed by atoms with Gasteiger partial charge in [0.25, 0.3) is 0 Å². The molecule has 0 aliphatic heterocycles. The van der Waals surface area contributed by atoms with E-state index in [9.17, 15) is 18.4 Å². The normalized spacial score (nSPS) is 11.4. The summed E-state index contributed by atoms with van der Waals surface area (Å²) < 4.78 is 49.6. The average molecular weight is 432 g/mol. The number of hydrogen-bond donors (Lipinski definition) is 2. The molecule has 0 atom stereocenters. The highest BCUT2D eigenvalue weighted by Gasteiger charge is 2.33. The van der Waals surface area contributed by atoms with Crippen LogP contribution in [-0.2, 0) is 17.5 Å². The van der Waals surface area contributed by atoms with Crippen molar-refractivity contribution in [1.29, 1.82) is 5.26 Å². The highest BCUT2D eigenvalue weighted by molar-refractivity contribution is 5.91. The van der Waals surface area contributed by atoms with Crippen LogP contribution in [0.3, 0.4) is 0 Å². The molecule has 1 aromatic carbocycles. The van der Waals surface area contributed by atoms with E-state index in [4.69, 9.17) is 15.2 Å². The quantitative estimate of drug-likeness (QED) is 0.545. The topological polar surface area (TPSA) is 119 Å². The van der Waals surface area contributed by atoms with Gasteiger partial charge in [0.05, 0.1) is 17.7 Å². The van der Waals surface area contributed by atoms with Crippen molar-refractivity contribution in [2.24, 2.45) is 0 Å². The van der Waals surface area contributed by atoms with Crippen molar-refractivity contribution >= 4 is 22.5 Å². The number of anilines is 2. The van der Waals surface area contributed by atoms with Crippen LogP contribution in [0.15, 0.2) is 24.3 Å². The molecule has 8 nitrogen and oxygen atoms in total. The SMILES string of the molecule is COCCOc1cc2c(NCc3cc(N)nc(C(F)(F)F)c3)nc(C)nc2cc1C#N. The van der Waals surface area contributed by atoms with Crippen LogP contribution in [0.4, 0.5) is 24.8 Å². The first-order chi connectivity index (χ1) is 14.7. The molecule has 2 heterocycles. The number of ether oxygens (including phenoxy) is 2. The van der Waals surface area contributed by atoms with Crippen LogP contribution in [0, 0.1) is 18.3 Å².